The Kier molecular flexibility index (Phi) is 2.67. The van der Waals surface area contributed by atoms with Crippen LogP contribution in [0.4, 0.5) is 0 Å². The lowest BCUT2D eigenvalue weighted by Gasteiger charge is -2.63. The predicted molar refractivity (Wildman–Crippen MR) is 90.8 cm³/mol. The van der Waals surface area contributed by atoms with Crippen molar-refractivity contribution in [3.63, 3.8) is 0 Å². The second-order valence-corrected chi connectivity index (χ2v) is 8.90. The molecule has 5 atom stereocenters. The number of aliphatic hydroxyl groups excluding tert-OH is 1. The smallest absolute Gasteiger partial charge is 0.165 e. The van der Waals surface area contributed by atoms with Crippen LogP contribution in [-0.2, 0) is 11.8 Å². The van der Waals surface area contributed by atoms with Gasteiger partial charge < -0.3 is 20.1 Å². The van der Waals surface area contributed by atoms with Gasteiger partial charge in [0.1, 0.15) is 6.10 Å². The van der Waals surface area contributed by atoms with Crippen LogP contribution in [-0.4, -0.2) is 57.2 Å². The summed E-state index contributed by atoms with van der Waals surface area (Å²) in [5.74, 6) is 1.44. The van der Waals surface area contributed by atoms with Crippen LogP contribution in [0.15, 0.2) is 12.1 Å². The number of phenolic OH excluding ortho intramolecular Hbond substituents is 1. The van der Waals surface area contributed by atoms with Gasteiger partial charge in [0.15, 0.2) is 11.5 Å². The third kappa shape index (κ3) is 1.61. The molecule has 3 aliphatic carbocycles. The van der Waals surface area contributed by atoms with Crippen molar-refractivity contribution in [1.29, 1.82) is 0 Å². The molecule has 1 spiro atoms. The first-order valence-electron chi connectivity index (χ1n) is 9.71. The van der Waals surface area contributed by atoms with Gasteiger partial charge in [-0.2, -0.15) is 0 Å². The molecule has 5 aliphatic rings. The molecule has 1 aromatic carbocycles. The van der Waals surface area contributed by atoms with Crippen molar-refractivity contribution < 1.29 is 20.1 Å². The molecule has 2 saturated carbocycles. The van der Waals surface area contributed by atoms with Crippen LogP contribution in [0.2, 0.25) is 0 Å². The summed E-state index contributed by atoms with van der Waals surface area (Å²) in [5, 5.41) is 33.1. The van der Waals surface area contributed by atoms with Crippen LogP contribution in [0.3, 0.4) is 0 Å². The normalized spacial score (nSPS) is 44.3. The quantitative estimate of drug-likeness (QED) is 0.755. The van der Waals surface area contributed by atoms with Crippen molar-refractivity contribution in [1.82, 2.24) is 4.90 Å². The Morgan fingerprint density at radius 2 is 2.04 bits per heavy atom. The number of piperidine rings is 1. The lowest BCUT2D eigenvalue weighted by atomic mass is 9.48. The number of phenols is 1. The van der Waals surface area contributed by atoms with Gasteiger partial charge in [0.2, 0.25) is 0 Å². The first kappa shape index (κ1) is 14.8. The van der Waals surface area contributed by atoms with E-state index in [-0.39, 0.29) is 11.8 Å². The molecule has 0 amide bonds. The summed E-state index contributed by atoms with van der Waals surface area (Å²) in [6.07, 6.45) is 4.35. The summed E-state index contributed by atoms with van der Waals surface area (Å²) < 4.78 is 6.14. The van der Waals surface area contributed by atoms with Crippen molar-refractivity contribution in [2.45, 2.75) is 67.8 Å². The molecule has 5 heteroatoms. The molecule has 25 heavy (non-hydrogen) atoms. The number of aliphatic hydroxyl groups is 2. The number of aromatic hydroxyl groups is 1. The minimum absolute atomic E-state index is 0.0865. The van der Waals surface area contributed by atoms with Gasteiger partial charge in [-0.1, -0.05) is 6.07 Å². The Morgan fingerprint density at radius 3 is 2.84 bits per heavy atom. The number of hydrogen-bond donors (Lipinski definition) is 3. The lowest BCUT2D eigenvalue weighted by molar-refractivity contribution is -0.208. The van der Waals surface area contributed by atoms with Crippen molar-refractivity contribution in [3.8, 4) is 11.5 Å². The van der Waals surface area contributed by atoms with E-state index < -0.39 is 23.2 Å². The minimum atomic E-state index is -0.879. The van der Waals surface area contributed by atoms with E-state index in [1.807, 2.05) is 6.07 Å². The second-order valence-electron chi connectivity index (χ2n) is 8.90. The summed E-state index contributed by atoms with van der Waals surface area (Å²) in [6, 6.07) is 3.79. The summed E-state index contributed by atoms with van der Waals surface area (Å²) in [4.78, 5) is 2.51. The van der Waals surface area contributed by atoms with Crippen LogP contribution in [0.1, 0.15) is 43.2 Å². The lowest BCUT2D eigenvalue weighted by Crippen LogP contribution is -2.77. The fourth-order valence-electron chi connectivity index (χ4n) is 6.46. The Morgan fingerprint density at radius 1 is 1.20 bits per heavy atom. The fraction of sp³-hybridized carbons (Fsp3) is 0.700. The zero-order valence-corrected chi connectivity index (χ0v) is 14.3. The zero-order chi connectivity index (χ0) is 17.0. The van der Waals surface area contributed by atoms with E-state index in [0.29, 0.717) is 18.6 Å². The van der Waals surface area contributed by atoms with E-state index in [9.17, 15) is 15.3 Å². The number of nitrogens with zero attached hydrogens (tertiary/aromatic N) is 1. The molecule has 3 fully saturated rings. The molecule has 134 valence electrons. The molecule has 1 aromatic rings. The third-order valence-corrected chi connectivity index (χ3v) is 7.73. The molecule has 1 saturated heterocycles. The molecule has 3 N–H and O–H groups in total. The van der Waals surface area contributed by atoms with Crippen molar-refractivity contribution in [2.75, 3.05) is 13.1 Å². The highest BCUT2D eigenvalue weighted by Gasteiger charge is 2.72. The van der Waals surface area contributed by atoms with Crippen molar-refractivity contribution in [3.05, 3.63) is 23.3 Å². The van der Waals surface area contributed by atoms with Crippen molar-refractivity contribution in [2.24, 2.45) is 5.92 Å². The maximum atomic E-state index is 12.0. The molecular formula is C20H25NO4. The van der Waals surface area contributed by atoms with Crippen LogP contribution < -0.4 is 4.74 Å². The minimum Gasteiger partial charge on any atom is -0.504 e. The SMILES string of the molecule is Oc1ccc2c3c1OC1[C@H](O)CC[C@]4(O)[C@H](C2)N(CC2CC2)CC[C@@]314. The van der Waals surface area contributed by atoms with Gasteiger partial charge in [0.25, 0.3) is 0 Å². The molecule has 6 rings (SSSR count). The number of rotatable bonds is 2. The average Bonchev–Trinajstić information content (AvgIpc) is 3.32. The highest BCUT2D eigenvalue weighted by Crippen LogP contribution is 2.65. The largest absolute Gasteiger partial charge is 0.504 e. The number of benzene rings is 1. The summed E-state index contributed by atoms with van der Waals surface area (Å²) >= 11 is 0. The highest BCUT2D eigenvalue weighted by atomic mass is 16.5. The monoisotopic (exact) mass is 343 g/mol. The first-order chi connectivity index (χ1) is 12.0. The summed E-state index contributed by atoms with van der Waals surface area (Å²) in [5.41, 5.74) is 0.716. The van der Waals surface area contributed by atoms with Crippen LogP contribution in [0.5, 0.6) is 11.5 Å². The van der Waals surface area contributed by atoms with Crippen LogP contribution in [0, 0.1) is 5.92 Å². The maximum Gasteiger partial charge on any atom is 0.165 e. The Hall–Kier alpha value is -1.30. The van der Waals surface area contributed by atoms with Gasteiger partial charge in [0.05, 0.1) is 17.1 Å². The molecule has 1 unspecified atom stereocenters. The number of hydrogen-bond acceptors (Lipinski definition) is 5. The van der Waals surface area contributed by atoms with E-state index in [0.717, 1.165) is 37.4 Å². The van der Waals surface area contributed by atoms with Gasteiger partial charge in [-0.05, 0) is 62.6 Å². The molecular weight excluding hydrogens is 318 g/mol. The Bertz CT molecular complexity index is 762. The van der Waals surface area contributed by atoms with E-state index in [1.165, 1.54) is 18.4 Å². The topological polar surface area (TPSA) is 73.2 Å². The van der Waals surface area contributed by atoms with E-state index in [4.69, 9.17) is 4.74 Å². The van der Waals surface area contributed by atoms with Gasteiger partial charge in [-0.15, -0.1) is 0 Å². The average molecular weight is 343 g/mol. The Labute approximate surface area is 147 Å². The van der Waals surface area contributed by atoms with E-state index in [1.54, 1.807) is 6.07 Å². The molecule has 0 radical (unpaired) electrons. The highest BCUT2D eigenvalue weighted by molar-refractivity contribution is 5.62. The fourth-order valence-corrected chi connectivity index (χ4v) is 6.46. The Balaban J connectivity index is 1.57. The van der Waals surface area contributed by atoms with E-state index in [2.05, 4.69) is 4.90 Å². The second kappa shape index (κ2) is 4.51. The predicted octanol–water partition coefficient (Wildman–Crippen LogP) is 1.32. The summed E-state index contributed by atoms with van der Waals surface area (Å²) in [6.45, 7) is 2.02. The number of likely N-dealkylation sites (tertiary alicyclic amines) is 1. The molecule has 2 heterocycles. The molecule has 0 aromatic heterocycles. The maximum absolute atomic E-state index is 12.0. The van der Waals surface area contributed by atoms with Crippen LogP contribution >= 0.6 is 0 Å². The van der Waals surface area contributed by atoms with E-state index >= 15 is 0 Å². The number of ether oxygens (including phenoxy) is 1. The first-order valence-corrected chi connectivity index (χ1v) is 9.71. The third-order valence-electron chi connectivity index (χ3n) is 7.73. The van der Waals surface area contributed by atoms with Gasteiger partial charge in [-0.3, -0.25) is 4.90 Å². The van der Waals surface area contributed by atoms with Crippen molar-refractivity contribution >= 4 is 0 Å². The zero-order valence-electron chi connectivity index (χ0n) is 14.3. The van der Waals surface area contributed by atoms with Gasteiger partial charge >= 0.3 is 0 Å². The van der Waals surface area contributed by atoms with Gasteiger partial charge in [-0.25, -0.2) is 0 Å². The molecule has 2 bridgehead atoms. The molecule has 5 nitrogen and oxygen atoms in total. The summed E-state index contributed by atoms with van der Waals surface area (Å²) in [7, 11) is 0. The molecule has 2 aliphatic heterocycles. The standard InChI is InChI=1S/C20H25NO4/c22-13-4-3-12-9-15-20(24)6-5-14(23)18-19(20,16(12)17(13)25-18)7-8-21(15)10-11-1-2-11/h3-4,11,14-15,18,22-24H,1-2,5-10H2/t14-,15+,18?,19-,20+/m1/s1. The van der Waals surface area contributed by atoms with Crippen LogP contribution in [0.25, 0.3) is 0 Å². The van der Waals surface area contributed by atoms with Gasteiger partial charge in [0, 0.05) is 18.2 Å².